The van der Waals surface area contributed by atoms with Crippen molar-refractivity contribution in [2.24, 2.45) is 5.92 Å². The van der Waals surface area contributed by atoms with Gasteiger partial charge in [0.05, 0.1) is 7.11 Å². The average Bonchev–Trinajstić information content (AvgIpc) is 2.42. The maximum Gasteiger partial charge on any atom is 0.119 e. The summed E-state index contributed by atoms with van der Waals surface area (Å²) in [6, 6.07) is 8.64. The van der Waals surface area contributed by atoms with E-state index < -0.39 is 0 Å². The molecule has 1 aliphatic heterocycles. The highest BCUT2D eigenvalue weighted by Gasteiger charge is 2.38. The SMILES string of the molecule is CCC[C@]1(c2cccc(OC)c2)CNCC[C@H]1C. The molecule has 0 bridgehead atoms. The molecule has 1 fully saturated rings. The Balaban J connectivity index is 2.38. The highest BCUT2D eigenvalue weighted by molar-refractivity contribution is 5.35. The zero-order chi connectivity index (χ0) is 13.0. The van der Waals surface area contributed by atoms with Crippen LogP contribution in [0.3, 0.4) is 0 Å². The maximum atomic E-state index is 5.38. The third-order valence-corrected chi connectivity index (χ3v) is 4.48. The van der Waals surface area contributed by atoms with Crippen LogP contribution in [-0.2, 0) is 5.41 Å². The van der Waals surface area contributed by atoms with E-state index in [1.54, 1.807) is 7.11 Å². The lowest BCUT2D eigenvalue weighted by molar-refractivity contribution is 0.201. The molecule has 1 aliphatic rings. The van der Waals surface area contributed by atoms with Crippen molar-refractivity contribution in [1.82, 2.24) is 5.32 Å². The van der Waals surface area contributed by atoms with E-state index in [-0.39, 0.29) is 5.41 Å². The fourth-order valence-corrected chi connectivity index (χ4v) is 3.33. The summed E-state index contributed by atoms with van der Waals surface area (Å²) < 4.78 is 5.38. The number of ether oxygens (including phenoxy) is 1. The number of rotatable bonds is 4. The first-order valence-electron chi connectivity index (χ1n) is 7.08. The number of methoxy groups -OCH3 is 1. The van der Waals surface area contributed by atoms with Crippen LogP contribution in [0.2, 0.25) is 0 Å². The monoisotopic (exact) mass is 247 g/mol. The van der Waals surface area contributed by atoms with Gasteiger partial charge < -0.3 is 10.1 Å². The molecule has 18 heavy (non-hydrogen) atoms. The van der Waals surface area contributed by atoms with Crippen molar-refractivity contribution < 1.29 is 4.74 Å². The molecule has 1 aromatic carbocycles. The second-order valence-corrected chi connectivity index (χ2v) is 5.50. The largest absolute Gasteiger partial charge is 0.497 e. The lowest BCUT2D eigenvalue weighted by Crippen LogP contribution is -2.48. The minimum Gasteiger partial charge on any atom is -0.497 e. The highest BCUT2D eigenvalue weighted by Crippen LogP contribution is 2.41. The molecule has 1 aromatic rings. The summed E-state index contributed by atoms with van der Waals surface area (Å²) >= 11 is 0. The lowest BCUT2D eigenvalue weighted by atomic mass is 9.65. The summed E-state index contributed by atoms with van der Waals surface area (Å²) in [6.45, 7) is 6.92. The van der Waals surface area contributed by atoms with Gasteiger partial charge in [-0.3, -0.25) is 0 Å². The Morgan fingerprint density at radius 3 is 2.94 bits per heavy atom. The molecular weight excluding hydrogens is 222 g/mol. The Kier molecular flexibility index (Phi) is 4.28. The fourth-order valence-electron chi connectivity index (χ4n) is 3.33. The number of hydrogen-bond donors (Lipinski definition) is 1. The van der Waals surface area contributed by atoms with Crippen molar-refractivity contribution in [2.45, 2.75) is 38.5 Å². The molecule has 2 heteroatoms. The van der Waals surface area contributed by atoms with Crippen LogP contribution in [0.15, 0.2) is 24.3 Å². The minimum absolute atomic E-state index is 0.279. The van der Waals surface area contributed by atoms with Gasteiger partial charge in [-0.25, -0.2) is 0 Å². The summed E-state index contributed by atoms with van der Waals surface area (Å²) in [4.78, 5) is 0. The van der Waals surface area contributed by atoms with Gasteiger partial charge in [0.1, 0.15) is 5.75 Å². The zero-order valence-corrected chi connectivity index (χ0v) is 11.8. The van der Waals surface area contributed by atoms with Gasteiger partial charge in [-0.2, -0.15) is 0 Å². The topological polar surface area (TPSA) is 21.3 Å². The molecule has 0 spiro atoms. The van der Waals surface area contributed by atoms with Crippen molar-refractivity contribution in [3.05, 3.63) is 29.8 Å². The second-order valence-electron chi connectivity index (χ2n) is 5.50. The first-order chi connectivity index (χ1) is 8.73. The molecule has 0 unspecified atom stereocenters. The van der Waals surface area contributed by atoms with Crippen molar-refractivity contribution in [1.29, 1.82) is 0 Å². The highest BCUT2D eigenvalue weighted by atomic mass is 16.5. The standard InChI is InChI=1S/C16H25NO/c1-4-9-16(12-17-10-8-13(16)2)14-6-5-7-15(11-14)18-3/h5-7,11,13,17H,4,8-10,12H2,1-3H3/t13-,16+/m1/s1. The molecule has 1 heterocycles. The van der Waals surface area contributed by atoms with Crippen LogP contribution in [0, 0.1) is 5.92 Å². The molecule has 0 aliphatic carbocycles. The van der Waals surface area contributed by atoms with E-state index in [2.05, 4.69) is 37.4 Å². The lowest BCUT2D eigenvalue weighted by Gasteiger charge is -2.44. The Labute approximate surface area is 111 Å². The Hall–Kier alpha value is -1.02. The van der Waals surface area contributed by atoms with Crippen molar-refractivity contribution >= 4 is 0 Å². The molecule has 0 aromatic heterocycles. The van der Waals surface area contributed by atoms with E-state index in [4.69, 9.17) is 4.74 Å². The van der Waals surface area contributed by atoms with Crippen LogP contribution in [-0.4, -0.2) is 20.2 Å². The summed E-state index contributed by atoms with van der Waals surface area (Å²) in [5, 5.41) is 3.59. The van der Waals surface area contributed by atoms with E-state index >= 15 is 0 Å². The normalized spacial score (nSPS) is 28.1. The summed E-state index contributed by atoms with van der Waals surface area (Å²) in [5.41, 5.74) is 1.71. The van der Waals surface area contributed by atoms with Crippen LogP contribution in [0.4, 0.5) is 0 Å². The molecular formula is C16H25NO. The molecule has 100 valence electrons. The molecule has 0 radical (unpaired) electrons. The van der Waals surface area contributed by atoms with E-state index in [1.165, 1.54) is 24.8 Å². The molecule has 1 saturated heterocycles. The van der Waals surface area contributed by atoms with Gasteiger partial charge in [-0.15, -0.1) is 0 Å². The van der Waals surface area contributed by atoms with Crippen LogP contribution >= 0.6 is 0 Å². The van der Waals surface area contributed by atoms with Gasteiger partial charge >= 0.3 is 0 Å². The summed E-state index contributed by atoms with van der Waals surface area (Å²) in [6.07, 6.45) is 3.73. The van der Waals surface area contributed by atoms with Crippen molar-refractivity contribution in [3.63, 3.8) is 0 Å². The van der Waals surface area contributed by atoms with Gasteiger partial charge in [0.2, 0.25) is 0 Å². The number of piperidine rings is 1. The van der Waals surface area contributed by atoms with E-state index in [1.807, 2.05) is 6.07 Å². The quantitative estimate of drug-likeness (QED) is 0.881. The Bertz CT molecular complexity index is 386. The smallest absolute Gasteiger partial charge is 0.119 e. The predicted molar refractivity (Wildman–Crippen MR) is 76.2 cm³/mol. The zero-order valence-electron chi connectivity index (χ0n) is 11.8. The van der Waals surface area contributed by atoms with Crippen LogP contribution in [0.1, 0.15) is 38.7 Å². The summed E-state index contributed by atoms with van der Waals surface area (Å²) in [5.74, 6) is 1.70. The second kappa shape index (κ2) is 5.75. The van der Waals surface area contributed by atoms with E-state index in [9.17, 15) is 0 Å². The van der Waals surface area contributed by atoms with Gasteiger partial charge in [-0.1, -0.05) is 32.4 Å². The Morgan fingerprint density at radius 2 is 2.28 bits per heavy atom. The van der Waals surface area contributed by atoms with Gasteiger partial charge in [-0.05, 0) is 43.0 Å². The first-order valence-corrected chi connectivity index (χ1v) is 7.08. The number of benzene rings is 1. The third kappa shape index (κ3) is 2.39. The molecule has 2 atom stereocenters. The molecule has 1 N–H and O–H groups in total. The average molecular weight is 247 g/mol. The van der Waals surface area contributed by atoms with Gasteiger partial charge in [0.15, 0.2) is 0 Å². The van der Waals surface area contributed by atoms with Crippen LogP contribution < -0.4 is 10.1 Å². The molecule has 0 saturated carbocycles. The van der Waals surface area contributed by atoms with Crippen molar-refractivity contribution in [3.8, 4) is 5.75 Å². The van der Waals surface area contributed by atoms with E-state index in [0.29, 0.717) is 0 Å². The maximum absolute atomic E-state index is 5.38. The Morgan fingerprint density at radius 1 is 1.44 bits per heavy atom. The van der Waals surface area contributed by atoms with Crippen LogP contribution in [0.25, 0.3) is 0 Å². The molecule has 2 nitrogen and oxygen atoms in total. The fraction of sp³-hybridized carbons (Fsp3) is 0.625. The predicted octanol–water partition coefficient (Wildman–Crippen LogP) is 3.36. The molecule has 0 amide bonds. The van der Waals surface area contributed by atoms with Gasteiger partial charge in [0, 0.05) is 12.0 Å². The van der Waals surface area contributed by atoms with Gasteiger partial charge in [0.25, 0.3) is 0 Å². The molecule has 2 rings (SSSR count). The third-order valence-electron chi connectivity index (χ3n) is 4.48. The van der Waals surface area contributed by atoms with Crippen molar-refractivity contribution in [2.75, 3.05) is 20.2 Å². The number of hydrogen-bond acceptors (Lipinski definition) is 2. The van der Waals surface area contributed by atoms with Crippen LogP contribution in [0.5, 0.6) is 5.75 Å². The summed E-state index contributed by atoms with van der Waals surface area (Å²) in [7, 11) is 1.74. The van der Waals surface area contributed by atoms with E-state index in [0.717, 1.165) is 24.8 Å². The number of nitrogens with one attached hydrogen (secondary N) is 1. The first kappa shape index (κ1) is 13.4. The minimum atomic E-state index is 0.279.